The highest BCUT2D eigenvalue weighted by Gasteiger charge is 2.25. The van der Waals surface area contributed by atoms with Crippen molar-refractivity contribution in [3.05, 3.63) is 39.8 Å². The van der Waals surface area contributed by atoms with E-state index in [1.54, 1.807) is 11.3 Å². The summed E-state index contributed by atoms with van der Waals surface area (Å²) in [6.45, 7) is 3.59. The van der Waals surface area contributed by atoms with Gasteiger partial charge in [0.25, 0.3) is 0 Å². The molecule has 0 saturated heterocycles. The van der Waals surface area contributed by atoms with Crippen LogP contribution in [0, 0.1) is 0 Å². The molecule has 1 aliphatic carbocycles. The van der Waals surface area contributed by atoms with Crippen molar-refractivity contribution in [3.63, 3.8) is 0 Å². The lowest BCUT2D eigenvalue weighted by atomic mass is 9.94. The van der Waals surface area contributed by atoms with Gasteiger partial charge in [-0.1, -0.05) is 19.3 Å². The lowest BCUT2D eigenvalue weighted by molar-refractivity contribution is -0.120. The van der Waals surface area contributed by atoms with Gasteiger partial charge in [0.15, 0.2) is 0 Å². The van der Waals surface area contributed by atoms with E-state index < -0.39 is 0 Å². The van der Waals surface area contributed by atoms with Crippen LogP contribution in [-0.4, -0.2) is 33.2 Å². The van der Waals surface area contributed by atoms with E-state index in [1.165, 1.54) is 37.8 Å². The highest BCUT2D eigenvalue weighted by Crippen LogP contribution is 2.26. The standard InChI is InChI=1S/C19H26N4OS/c24-19(10-15-6-9-25-14-15)20-12-16-11-18-13-22(7-8-23(18)21-16)17-4-2-1-3-5-17/h6,9,11,14,17H,1-5,7-8,10,12-13H2,(H,20,24). The van der Waals surface area contributed by atoms with Gasteiger partial charge in [-0.25, -0.2) is 0 Å². The number of hydrogen-bond donors (Lipinski definition) is 1. The van der Waals surface area contributed by atoms with Gasteiger partial charge in [-0.2, -0.15) is 16.4 Å². The van der Waals surface area contributed by atoms with Crippen LogP contribution in [0.5, 0.6) is 0 Å². The number of rotatable bonds is 5. The fourth-order valence-electron chi connectivity index (χ4n) is 4.02. The van der Waals surface area contributed by atoms with Crippen LogP contribution in [0.2, 0.25) is 0 Å². The van der Waals surface area contributed by atoms with Gasteiger partial charge in [-0.05, 0) is 41.3 Å². The third-order valence-corrected chi connectivity index (χ3v) is 6.11. The molecule has 134 valence electrons. The van der Waals surface area contributed by atoms with Crippen LogP contribution in [-0.2, 0) is 30.8 Å². The van der Waals surface area contributed by atoms with Crippen molar-refractivity contribution in [3.8, 4) is 0 Å². The maximum atomic E-state index is 12.0. The number of hydrogen-bond acceptors (Lipinski definition) is 4. The van der Waals surface area contributed by atoms with E-state index in [2.05, 4.69) is 26.1 Å². The molecule has 1 amide bonds. The molecule has 1 saturated carbocycles. The SMILES string of the molecule is O=C(Cc1ccsc1)NCc1cc2n(n1)CCN(C1CCCCC1)C2. The third kappa shape index (κ3) is 4.12. The summed E-state index contributed by atoms with van der Waals surface area (Å²) < 4.78 is 2.12. The van der Waals surface area contributed by atoms with Gasteiger partial charge in [0.2, 0.25) is 5.91 Å². The van der Waals surface area contributed by atoms with E-state index in [9.17, 15) is 4.79 Å². The predicted octanol–water partition coefficient (Wildman–Crippen LogP) is 2.95. The monoisotopic (exact) mass is 358 g/mol. The predicted molar refractivity (Wildman–Crippen MR) is 99.4 cm³/mol. The minimum Gasteiger partial charge on any atom is -0.350 e. The second-order valence-electron chi connectivity index (χ2n) is 7.20. The first-order valence-corrected chi connectivity index (χ1v) is 10.3. The number of thiophene rings is 1. The van der Waals surface area contributed by atoms with Crippen LogP contribution in [0.15, 0.2) is 22.9 Å². The van der Waals surface area contributed by atoms with Gasteiger partial charge < -0.3 is 5.32 Å². The maximum absolute atomic E-state index is 12.0. The highest BCUT2D eigenvalue weighted by molar-refractivity contribution is 7.07. The van der Waals surface area contributed by atoms with Crippen LogP contribution in [0.25, 0.3) is 0 Å². The summed E-state index contributed by atoms with van der Waals surface area (Å²) in [4.78, 5) is 14.7. The topological polar surface area (TPSA) is 50.2 Å². The number of nitrogens with zero attached hydrogens (tertiary/aromatic N) is 3. The summed E-state index contributed by atoms with van der Waals surface area (Å²) in [5.74, 6) is 0.0632. The average Bonchev–Trinajstić information content (AvgIpc) is 3.29. The van der Waals surface area contributed by atoms with E-state index in [0.717, 1.165) is 36.9 Å². The molecule has 1 fully saturated rings. The Hall–Kier alpha value is -1.66. The molecule has 0 spiro atoms. The first-order chi connectivity index (χ1) is 12.3. The fraction of sp³-hybridized carbons (Fsp3) is 0.579. The summed E-state index contributed by atoms with van der Waals surface area (Å²) in [5.41, 5.74) is 3.34. The van der Waals surface area contributed by atoms with Crippen molar-refractivity contribution in [2.24, 2.45) is 0 Å². The van der Waals surface area contributed by atoms with Crippen molar-refractivity contribution in [1.29, 1.82) is 0 Å². The highest BCUT2D eigenvalue weighted by atomic mass is 32.1. The number of carbonyl (C=O) groups is 1. The molecule has 0 bridgehead atoms. The van der Waals surface area contributed by atoms with Crippen LogP contribution in [0.1, 0.15) is 49.1 Å². The molecule has 0 radical (unpaired) electrons. The molecule has 4 rings (SSSR count). The number of carbonyl (C=O) groups excluding carboxylic acids is 1. The Bertz CT molecular complexity index is 703. The molecular weight excluding hydrogens is 332 g/mol. The van der Waals surface area contributed by atoms with Crippen LogP contribution in [0.3, 0.4) is 0 Å². The van der Waals surface area contributed by atoms with Gasteiger partial charge in [0.1, 0.15) is 0 Å². The van der Waals surface area contributed by atoms with Crippen molar-refractivity contribution in [2.75, 3.05) is 6.54 Å². The van der Waals surface area contributed by atoms with Gasteiger partial charge in [-0.3, -0.25) is 14.4 Å². The van der Waals surface area contributed by atoms with E-state index in [4.69, 9.17) is 0 Å². The molecule has 1 aliphatic heterocycles. The maximum Gasteiger partial charge on any atom is 0.224 e. The number of aromatic nitrogens is 2. The average molecular weight is 359 g/mol. The molecular formula is C19H26N4OS. The Morgan fingerprint density at radius 3 is 2.96 bits per heavy atom. The van der Waals surface area contributed by atoms with Crippen molar-refractivity contribution >= 4 is 17.2 Å². The summed E-state index contributed by atoms with van der Waals surface area (Å²) in [7, 11) is 0. The lowest BCUT2D eigenvalue weighted by Crippen LogP contribution is -2.42. The van der Waals surface area contributed by atoms with Gasteiger partial charge in [0, 0.05) is 19.1 Å². The van der Waals surface area contributed by atoms with Crippen LogP contribution < -0.4 is 5.32 Å². The smallest absolute Gasteiger partial charge is 0.224 e. The molecule has 2 aromatic rings. The number of fused-ring (bicyclic) bond motifs is 1. The Kier molecular flexibility index (Phi) is 5.17. The van der Waals surface area contributed by atoms with E-state index in [-0.39, 0.29) is 5.91 Å². The van der Waals surface area contributed by atoms with Gasteiger partial charge >= 0.3 is 0 Å². The quantitative estimate of drug-likeness (QED) is 0.894. The van der Waals surface area contributed by atoms with Gasteiger partial charge in [0.05, 0.1) is 30.9 Å². The summed E-state index contributed by atoms with van der Waals surface area (Å²) in [6, 6.07) is 4.92. The number of nitrogens with one attached hydrogen (secondary N) is 1. The molecule has 25 heavy (non-hydrogen) atoms. The van der Waals surface area contributed by atoms with Crippen LogP contribution >= 0.6 is 11.3 Å². The zero-order valence-corrected chi connectivity index (χ0v) is 15.4. The molecule has 0 aromatic carbocycles. The summed E-state index contributed by atoms with van der Waals surface area (Å²) in [6.07, 6.45) is 7.30. The van der Waals surface area contributed by atoms with Crippen molar-refractivity contribution in [1.82, 2.24) is 20.0 Å². The van der Waals surface area contributed by atoms with E-state index in [1.807, 2.05) is 16.8 Å². The third-order valence-electron chi connectivity index (χ3n) is 5.38. The first kappa shape index (κ1) is 16.8. The van der Waals surface area contributed by atoms with E-state index in [0.29, 0.717) is 13.0 Å². The Labute approximate surface area is 153 Å². The van der Waals surface area contributed by atoms with Gasteiger partial charge in [-0.15, -0.1) is 0 Å². The molecule has 6 heteroatoms. The van der Waals surface area contributed by atoms with Crippen LogP contribution in [0.4, 0.5) is 0 Å². The molecule has 1 N–H and O–H groups in total. The minimum absolute atomic E-state index is 0.0632. The first-order valence-electron chi connectivity index (χ1n) is 9.35. The zero-order valence-electron chi connectivity index (χ0n) is 14.6. The fourth-order valence-corrected chi connectivity index (χ4v) is 4.69. The number of amides is 1. The largest absolute Gasteiger partial charge is 0.350 e. The molecule has 3 heterocycles. The molecule has 2 aromatic heterocycles. The Morgan fingerprint density at radius 1 is 1.28 bits per heavy atom. The molecule has 5 nitrogen and oxygen atoms in total. The van der Waals surface area contributed by atoms with E-state index >= 15 is 0 Å². The second-order valence-corrected chi connectivity index (χ2v) is 7.98. The Morgan fingerprint density at radius 2 is 2.16 bits per heavy atom. The molecule has 0 unspecified atom stereocenters. The normalized spacial score (nSPS) is 18.9. The summed E-state index contributed by atoms with van der Waals surface area (Å²) >= 11 is 1.63. The van der Waals surface area contributed by atoms with Crippen molar-refractivity contribution < 1.29 is 4.79 Å². The minimum atomic E-state index is 0.0632. The molecule has 2 aliphatic rings. The lowest BCUT2D eigenvalue weighted by Gasteiger charge is -2.36. The second kappa shape index (κ2) is 7.70. The molecule has 0 atom stereocenters. The van der Waals surface area contributed by atoms with Crippen molar-refractivity contribution in [2.45, 2.75) is 64.2 Å². The zero-order chi connectivity index (χ0) is 17.1. The summed E-state index contributed by atoms with van der Waals surface area (Å²) in [5, 5.41) is 11.7. The Balaban J connectivity index is 1.31.